The van der Waals surface area contributed by atoms with Crippen molar-refractivity contribution in [3.63, 3.8) is 0 Å². The van der Waals surface area contributed by atoms with Crippen LogP contribution in [-0.4, -0.2) is 20.4 Å². The molecule has 0 saturated carbocycles. The van der Waals surface area contributed by atoms with Gasteiger partial charge in [-0.3, -0.25) is 4.79 Å². The van der Waals surface area contributed by atoms with Gasteiger partial charge in [0.1, 0.15) is 12.3 Å². The van der Waals surface area contributed by atoms with E-state index in [-0.39, 0.29) is 12.5 Å². The zero-order valence-corrected chi connectivity index (χ0v) is 16.3. The molecule has 27 heavy (non-hydrogen) atoms. The number of benzene rings is 1. The number of para-hydroxylation sites is 1. The van der Waals surface area contributed by atoms with E-state index in [1.54, 1.807) is 24.2 Å². The van der Waals surface area contributed by atoms with Crippen LogP contribution in [0.1, 0.15) is 18.6 Å². The summed E-state index contributed by atoms with van der Waals surface area (Å²) >= 11 is 3.05. The summed E-state index contributed by atoms with van der Waals surface area (Å²) in [6.07, 6.45) is 6.29. The Morgan fingerprint density at radius 2 is 2.15 bits per heavy atom. The molecule has 4 aromatic rings. The molecule has 0 atom stereocenters. The number of hydrogen-bond donors (Lipinski definition) is 1. The Kier molecular flexibility index (Phi) is 5.26. The third kappa shape index (κ3) is 4.23. The van der Waals surface area contributed by atoms with Crippen molar-refractivity contribution in [1.29, 1.82) is 0 Å². The molecular formula is C19H18N4O2S2. The second kappa shape index (κ2) is 7.98. The van der Waals surface area contributed by atoms with Gasteiger partial charge < -0.3 is 14.3 Å². The molecule has 0 aliphatic carbocycles. The fourth-order valence-electron chi connectivity index (χ4n) is 2.69. The Morgan fingerprint density at radius 1 is 1.26 bits per heavy atom. The molecule has 0 aliphatic heterocycles. The topological polar surface area (TPSA) is 73.0 Å². The lowest BCUT2D eigenvalue weighted by Crippen LogP contribution is -2.17. The van der Waals surface area contributed by atoms with Gasteiger partial charge >= 0.3 is 0 Å². The largest absolute Gasteiger partial charge is 0.445 e. The summed E-state index contributed by atoms with van der Waals surface area (Å²) in [5.74, 6) is 2.14. The van der Waals surface area contributed by atoms with Gasteiger partial charge in [0.25, 0.3) is 0 Å². The molecule has 3 heterocycles. The van der Waals surface area contributed by atoms with Crippen LogP contribution in [0.4, 0.5) is 5.13 Å². The van der Waals surface area contributed by atoms with E-state index in [0.29, 0.717) is 16.8 Å². The van der Waals surface area contributed by atoms with Gasteiger partial charge in [-0.15, -0.1) is 11.8 Å². The first-order valence-corrected chi connectivity index (χ1v) is 10.4. The third-order valence-corrected chi connectivity index (χ3v) is 6.10. The number of thioether (sulfide) groups is 1. The molecule has 0 aliphatic rings. The maximum absolute atomic E-state index is 12.4. The number of fused-ring (bicyclic) bond motifs is 1. The van der Waals surface area contributed by atoms with Gasteiger partial charge in [0.2, 0.25) is 11.8 Å². The van der Waals surface area contributed by atoms with Crippen LogP contribution in [0.25, 0.3) is 10.9 Å². The summed E-state index contributed by atoms with van der Waals surface area (Å²) in [6.45, 7) is 2.29. The van der Waals surface area contributed by atoms with E-state index in [1.807, 2.05) is 48.0 Å². The van der Waals surface area contributed by atoms with Crippen LogP contribution in [0.2, 0.25) is 0 Å². The number of rotatable bonds is 7. The van der Waals surface area contributed by atoms with Gasteiger partial charge in [0.15, 0.2) is 5.13 Å². The number of hydrogen-bond acceptors (Lipinski definition) is 6. The molecule has 0 fully saturated rings. The van der Waals surface area contributed by atoms with E-state index in [4.69, 9.17) is 4.42 Å². The molecule has 6 nitrogen and oxygen atoms in total. The predicted molar refractivity (Wildman–Crippen MR) is 108 cm³/mol. The zero-order chi connectivity index (χ0) is 18.6. The Bertz CT molecular complexity index is 1070. The molecule has 0 unspecified atom stereocenters. The summed E-state index contributed by atoms with van der Waals surface area (Å²) in [4.78, 5) is 20.9. The smallest absolute Gasteiger partial charge is 0.246 e. The van der Waals surface area contributed by atoms with E-state index >= 15 is 0 Å². The van der Waals surface area contributed by atoms with Crippen LogP contribution in [0.5, 0.6) is 0 Å². The molecule has 0 spiro atoms. The lowest BCUT2D eigenvalue weighted by atomic mass is 10.2. The maximum atomic E-state index is 12.4. The fourth-order valence-corrected chi connectivity index (χ4v) is 4.43. The number of nitrogens with zero attached hydrogens (tertiary/aromatic N) is 3. The summed E-state index contributed by atoms with van der Waals surface area (Å²) in [5, 5.41) is 4.59. The number of carbonyl (C=O) groups is 1. The minimum Gasteiger partial charge on any atom is -0.445 e. The first kappa shape index (κ1) is 17.8. The second-order valence-corrected chi connectivity index (χ2v) is 8.20. The van der Waals surface area contributed by atoms with Crippen LogP contribution < -0.4 is 5.32 Å². The molecule has 4 rings (SSSR count). The Morgan fingerprint density at radius 3 is 3.00 bits per heavy atom. The van der Waals surface area contributed by atoms with Crippen molar-refractivity contribution in [2.24, 2.45) is 0 Å². The van der Waals surface area contributed by atoms with E-state index in [0.717, 1.165) is 27.3 Å². The summed E-state index contributed by atoms with van der Waals surface area (Å²) in [7, 11) is 0. The number of amides is 1. The summed E-state index contributed by atoms with van der Waals surface area (Å²) in [5.41, 5.74) is 1.04. The van der Waals surface area contributed by atoms with E-state index in [9.17, 15) is 4.79 Å². The monoisotopic (exact) mass is 398 g/mol. The number of aryl methyl sites for hydroxylation is 1. The van der Waals surface area contributed by atoms with Crippen molar-refractivity contribution in [1.82, 2.24) is 14.5 Å². The highest BCUT2D eigenvalue weighted by Gasteiger charge is 2.10. The van der Waals surface area contributed by atoms with Crippen molar-refractivity contribution in [3.05, 3.63) is 60.6 Å². The number of aromatic nitrogens is 3. The molecule has 1 aromatic carbocycles. The minimum atomic E-state index is -0.0949. The number of thiazole rings is 1. The zero-order valence-electron chi connectivity index (χ0n) is 14.7. The molecular weight excluding hydrogens is 380 g/mol. The standard InChI is InChI=1S/C19H18N4O2S2/c1-2-14-9-20-17(25-14)12-26-18-10-21-19(27-18)22-16(24)11-23-8-7-13-5-3-4-6-15(13)23/h3-10H,2,11-12H2,1H3,(H,21,22,24). The van der Waals surface area contributed by atoms with Crippen molar-refractivity contribution < 1.29 is 9.21 Å². The Labute approximate surface area is 164 Å². The molecule has 0 radical (unpaired) electrons. The lowest BCUT2D eigenvalue weighted by molar-refractivity contribution is -0.116. The average Bonchev–Trinajstić information content (AvgIpc) is 3.40. The SMILES string of the molecule is CCc1cnc(CSc2cnc(NC(=O)Cn3ccc4ccccc43)s2)o1. The van der Waals surface area contributed by atoms with E-state index < -0.39 is 0 Å². The van der Waals surface area contributed by atoms with Crippen LogP contribution in [0.3, 0.4) is 0 Å². The summed E-state index contributed by atoms with van der Waals surface area (Å²) in [6, 6.07) is 10.0. The number of nitrogens with one attached hydrogen (secondary N) is 1. The van der Waals surface area contributed by atoms with Crippen molar-refractivity contribution >= 4 is 45.0 Å². The van der Waals surface area contributed by atoms with Gasteiger partial charge in [0, 0.05) is 18.1 Å². The number of anilines is 1. The quantitative estimate of drug-likeness (QED) is 0.461. The molecule has 3 aromatic heterocycles. The van der Waals surface area contributed by atoms with Crippen molar-refractivity contribution in [2.75, 3.05) is 5.32 Å². The molecule has 0 saturated heterocycles. The predicted octanol–water partition coefficient (Wildman–Crippen LogP) is 4.58. The molecule has 1 amide bonds. The Balaban J connectivity index is 1.33. The minimum absolute atomic E-state index is 0.0949. The molecule has 138 valence electrons. The van der Waals surface area contributed by atoms with Crippen LogP contribution >= 0.6 is 23.1 Å². The van der Waals surface area contributed by atoms with Gasteiger partial charge in [0.05, 0.1) is 22.4 Å². The number of carbonyl (C=O) groups excluding carboxylic acids is 1. The first-order valence-electron chi connectivity index (χ1n) is 8.57. The molecule has 8 heteroatoms. The van der Waals surface area contributed by atoms with E-state index in [2.05, 4.69) is 15.3 Å². The Hall–Kier alpha value is -2.58. The van der Waals surface area contributed by atoms with Crippen LogP contribution in [-0.2, 0) is 23.5 Å². The molecule has 1 N–H and O–H groups in total. The van der Waals surface area contributed by atoms with Crippen molar-refractivity contribution in [2.45, 2.75) is 29.9 Å². The van der Waals surface area contributed by atoms with Gasteiger partial charge in [-0.05, 0) is 17.5 Å². The lowest BCUT2D eigenvalue weighted by Gasteiger charge is -2.05. The highest BCUT2D eigenvalue weighted by atomic mass is 32.2. The summed E-state index contributed by atoms with van der Waals surface area (Å²) < 4.78 is 8.54. The number of oxazole rings is 1. The average molecular weight is 399 g/mol. The normalized spacial score (nSPS) is 11.1. The fraction of sp³-hybridized carbons (Fsp3) is 0.211. The molecule has 0 bridgehead atoms. The van der Waals surface area contributed by atoms with E-state index in [1.165, 1.54) is 11.3 Å². The van der Waals surface area contributed by atoms with Gasteiger partial charge in [-0.1, -0.05) is 36.5 Å². The first-order chi connectivity index (χ1) is 13.2. The highest BCUT2D eigenvalue weighted by molar-refractivity contribution is 8.00. The third-order valence-electron chi connectivity index (χ3n) is 4.01. The van der Waals surface area contributed by atoms with Gasteiger partial charge in [-0.2, -0.15) is 0 Å². The van der Waals surface area contributed by atoms with Crippen LogP contribution in [0, 0.1) is 0 Å². The van der Waals surface area contributed by atoms with Crippen LogP contribution in [0.15, 0.2) is 57.5 Å². The van der Waals surface area contributed by atoms with Gasteiger partial charge in [-0.25, -0.2) is 9.97 Å². The second-order valence-electron chi connectivity index (χ2n) is 5.90. The van der Waals surface area contributed by atoms with Crippen molar-refractivity contribution in [3.8, 4) is 0 Å². The maximum Gasteiger partial charge on any atom is 0.246 e. The highest BCUT2D eigenvalue weighted by Crippen LogP contribution is 2.30.